The van der Waals surface area contributed by atoms with Gasteiger partial charge >= 0.3 is 0 Å². The van der Waals surface area contributed by atoms with Gasteiger partial charge in [0.15, 0.2) is 0 Å². The van der Waals surface area contributed by atoms with Gasteiger partial charge in [0.1, 0.15) is 24.4 Å². The lowest BCUT2D eigenvalue weighted by molar-refractivity contribution is -0.000199. The zero-order chi connectivity index (χ0) is 14.1. The molecule has 4 atom stereocenters. The van der Waals surface area contributed by atoms with Crippen molar-refractivity contribution in [1.82, 2.24) is 4.98 Å². The van der Waals surface area contributed by atoms with Crippen LogP contribution in [0, 0.1) is 0 Å². The highest BCUT2D eigenvalue weighted by molar-refractivity contribution is 6.06. The first-order chi connectivity index (χ1) is 10.2. The molecule has 0 amide bonds. The minimum Gasteiger partial charge on any atom is -0.387 e. The van der Waals surface area contributed by atoms with E-state index in [1.807, 2.05) is 30.3 Å². The smallest absolute Gasteiger partial charge is 0.129 e. The molecule has 2 aromatic carbocycles. The van der Waals surface area contributed by atoms with Gasteiger partial charge in [0.25, 0.3) is 0 Å². The summed E-state index contributed by atoms with van der Waals surface area (Å²) in [5.41, 5.74) is 2.34. The monoisotopic (exact) mass is 279 g/mol. The number of benzene rings is 2. The second kappa shape index (κ2) is 3.80. The fourth-order valence-electron chi connectivity index (χ4n) is 3.39. The minimum atomic E-state index is -0.931. The van der Waals surface area contributed by atoms with E-state index in [9.17, 15) is 10.2 Å². The number of pyridine rings is 1. The number of nitrogens with zero attached hydrogens (tertiary/aromatic N) is 1. The fourth-order valence-corrected chi connectivity index (χ4v) is 3.39. The van der Waals surface area contributed by atoms with Gasteiger partial charge in [-0.1, -0.05) is 30.3 Å². The van der Waals surface area contributed by atoms with Gasteiger partial charge in [-0.3, -0.25) is 0 Å². The average molecular weight is 279 g/mol. The lowest BCUT2D eigenvalue weighted by Gasteiger charge is -2.23. The summed E-state index contributed by atoms with van der Waals surface area (Å²) in [4.78, 5) is 4.68. The minimum absolute atomic E-state index is 0.172. The van der Waals surface area contributed by atoms with Gasteiger partial charge in [-0.15, -0.1) is 0 Å². The number of aliphatic hydroxyl groups is 2. The summed E-state index contributed by atoms with van der Waals surface area (Å²) in [7, 11) is 0. The maximum Gasteiger partial charge on any atom is 0.129 e. The standard InChI is InChI=1S/C17H13NO3/c19-14-11-7-10-9-4-2-1-3-8(9)5-6-12(10)18-13(11)16-17(21-16)15(14)20/h1-7,14-17,19-20H. The molecule has 104 valence electrons. The molecule has 0 radical (unpaired) electrons. The van der Waals surface area contributed by atoms with Crippen molar-refractivity contribution < 1.29 is 14.9 Å². The van der Waals surface area contributed by atoms with Crippen molar-refractivity contribution >= 4 is 21.7 Å². The Labute approximate surface area is 120 Å². The maximum absolute atomic E-state index is 10.3. The number of aliphatic hydroxyl groups excluding tert-OH is 2. The Morgan fingerprint density at radius 1 is 1.00 bits per heavy atom. The van der Waals surface area contributed by atoms with Gasteiger partial charge in [0.05, 0.1) is 11.2 Å². The number of epoxide rings is 1. The van der Waals surface area contributed by atoms with E-state index >= 15 is 0 Å². The summed E-state index contributed by atoms with van der Waals surface area (Å²) in [5.74, 6) is 0. The molecule has 3 aromatic rings. The van der Waals surface area contributed by atoms with Gasteiger partial charge in [0, 0.05) is 10.9 Å². The van der Waals surface area contributed by atoms with E-state index in [1.165, 1.54) is 0 Å². The van der Waals surface area contributed by atoms with Crippen LogP contribution in [0.15, 0.2) is 42.5 Å². The molecule has 1 saturated heterocycles. The molecular formula is C17H13NO3. The van der Waals surface area contributed by atoms with Crippen molar-refractivity contribution in [1.29, 1.82) is 0 Å². The number of hydrogen-bond donors (Lipinski definition) is 2. The lowest BCUT2D eigenvalue weighted by Crippen LogP contribution is -2.29. The summed E-state index contributed by atoms with van der Waals surface area (Å²) in [6, 6.07) is 14.1. The van der Waals surface area contributed by atoms with E-state index in [1.54, 1.807) is 0 Å². The highest BCUT2D eigenvalue weighted by atomic mass is 16.6. The van der Waals surface area contributed by atoms with Crippen LogP contribution in [0.5, 0.6) is 0 Å². The third-order valence-electron chi connectivity index (χ3n) is 4.56. The van der Waals surface area contributed by atoms with Gasteiger partial charge in [-0.25, -0.2) is 4.98 Å². The van der Waals surface area contributed by atoms with Gasteiger partial charge in [-0.05, 0) is 22.9 Å². The molecule has 1 aromatic heterocycles. The van der Waals surface area contributed by atoms with Crippen molar-refractivity contribution in [2.75, 3.05) is 0 Å². The summed E-state index contributed by atoms with van der Waals surface area (Å²) >= 11 is 0. The van der Waals surface area contributed by atoms with E-state index < -0.39 is 12.2 Å². The van der Waals surface area contributed by atoms with Crippen LogP contribution in [0.4, 0.5) is 0 Å². The number of rotatable bonds is 0. The third kappa shape index (κ3) is 1.47. The molecule has 21 heavy (non-hydrogen) atoms. The van der Waals surface area contributed by atoms with Crippen LogP contribution in [-0.4, -0.2) is 27.4 Å². The van der Waals surface area contributed by atoms with Crippen LogP contribution >= 0.6 is 0 Å². The molecule has 5 rings (SSSR count). The first kappa shape index (κ1) is 11.6. The van der Waals surface area contributed by atoms with Gasteiger partial charge in [-0.2, -0.15) is 0 Å². The molecular weight excluding hydrogens is 266 g/mol. The van der Waals surface area contributed by atoms with Crippen LogP contribution in [0.1, 0.15) is 23.5 Å². The molecule has 4 heteroatoms. The molecule has 4 nitrogen and oxygen atoms in total. The Balaban J connectivity index is 1.87. The quantitative estimate of drug-likeness (QED) is 0.489. The predicted molar refractivity (Wildman–Crippen MR) is 77.8 cm³/mol. The topological polar surface area (TPSA) is 65.9 Å². The Morgan fingerprint density at radius 3 is 2.76 bits per heavy atom. The second-order valence-corrected chi connectivity index (χ2v) is 5.77. The fraction of sp³-hybridized carbons (Fsp3) is 0.235. The number of fused-ring (bicyclic) bond motifs is 6. The molecule has 2 aliphatic rings. The average Bonchev–Trinajstić information content (AvgIpc) is 3.32. The summed E-state index contributed by atoms with van der Waals surface area (Å²) in [5, 5.41) is 23.5. The predicted octanol–water partition coefficient (Wildman–Crippen LogP) is 2.24. The maximum atomic E-state index is 10.3. The number of ether oxygens (including phenoxy) is 1. The SMILES string of the molecule is OC1c2cc3c(ccc4ccccc43)nc2C2OC2C1O. The molecule has 2 heterocycles. The van der Waals surface area contributed by atoms with E-state index in [0.29, 0.717) is 5.56 Å². The second-order valence-electron chi connectivity index (χ2n) is 5.77. The van der Waals surface area contributed by atoms with E-state index in [4.69, 9.17) is 4.74 Å². The number of hydrogen-bond acceptors (Lipinski definition) is 4. The van der Waals surface area contributed by atoms with Crippen LogP contribution in [0.3, 0.4) is 0 Å². The van der Waals surface area contributed by atoms with Crippen molar-refractivity contribution in [3.05, 3.63) is 53.7 Å². The van der Waals surface area contributed by atoms with E-state index in [2.05, 4.69) is 17.1 Å². The first-order valence-electron chi connectivity index (χ1n) is 7.08. The van der Waals surface area contributed by atoms with Crippen LogP contribution in [-0.2, 0) is 4.74 Å². The zero-order valence-electron chi connectivity index (χ0n) is 11.1. The summed E-state index contributed by atoms with van der Waals surface area (Å²) in [6.07, 6.45) is -2.27. The molecule has 0 saturated carbocycles. The summed E-state index contributed by atoms with van der Waals surface area (Å²) < 4.78 is 5.45. The van der Waals surface area contributed by atoms with Crippen LogP contribution < -0.4 is 0 Å². The van der Waals surface area contributed by atoms with E-state index in [-0.39, 0.29) is 12.2 Å². The molecule has 1 aliphatic carbocycles. The molecule has 0 spiro atoms. The van der Waals surface area contributed by atoms with Crippen molar-refractivity contribution in [2.45, 2.75) is 24.4 Å². The zero-order valence-corrected chi connectivity index (χ0v) is 11.1. The third-order valence-corrected chi connectivity index (χ3v) is 4.56. The molecule has 0 bridgehead atoms. The van der Waals surface area contributed by atoms with Gasteiger partial charge < -0.3 is 14.9 Å². The Hall–Kier alpha value is -2.01. The highest BCUT2D eigenvalue weighted by Crippen LogP contribution is 2.50. The van der Waals surface area contributed by atoms with Crippen LogP contribution in [0.2, 0.25) is 0 Å². The highest BCUT2D eigenvalue weighted by Gasteiger charge is 2.54. The Morgan fingerprint density at radius 2 is 1.86 bits per heavy atom. The Kier molecular flexibility index (Phi) is 2.10. The van der Waals surface area contributed by atoms with Crippen molar-refractivity contribution in [2.24, 2.45) is 0 Å². The largest absolute Gasteiger partial charge is 0.387 e. The molecule has 1 fully saturated rings. The number of aromatic nitrogens is 1. The summed E-state index contributed by atoms with van der Waals surface area (Å²) in [6.45, 7) is 0. The molecule has 2 N–H and O–H groups in total. The normalized spacial score (nSPS) is 30.2. The van der Waals surface area contributed by atoms with Crippen LogP contribution in [0.25, 0.3) is 21.7 Å². The van der Waals surface area contributed by atoms with Gasteiger partial charge in [0.2, 0.25) is 0 Å². The van der Waals surface area contributed by atoms with Crippen molar-refractivity contribution in [3.63, 3.8) is 0 Å². The lowest BCUT2D eigenvalue weighted by atomic mass is 9.89. The molecule has 1 aliphatic heterocycles. The van der Waals surface area contributed by atoms with Crippen molar-refractivity contribution in [3.8, 4) is 0 Å². The molecule has 4 unspecified atom stereocenters. The first-order valence-corrected chi connectivity index (χ1v) is 7.08. The Bertz CT molecular complexity index is 892. The van der Waals surface area contributed by atoms with E-state index in [0.717, 1.165) is 27.4 Å².